The number of hydrogen-bond donors (Lipinski definition) is 0. The molecule has 0 saturated heterocycles. The predicted molar refractivity (Wildman–Crippen MR) is 87.9 cm³/mol. The molecule has 0 bridgehead atoms. The van der Waals surface area contributed by atoms with E-state index >= 15 is 0 Å². The Labute approximate surface area is 131 Å². The number of thiazole rings is 1. The van der Waals surface area contributed by atoms with Crippen LogP contribution < -0.4 is 9.47 Å². The Morgan fingerprint density at radius 3 is 2.60 bits per heavy atom. The van der Waals surface area contributed by atoms with Crippen LogP contribution in [0.4, 0.5) is 16.5 Å². The van der Waals surface area contributed by atoms with E-state index in [1.807, 2.05) is 43.7 Å². The lowest BCUT2D eigenvalue weighted by atomic mass is 10.3. The Balaban J connectivity index is 2.07. The van der Waals surface area contributed by atoms with Crippen molar-refractivity contribution in [1.29, 1.82) is 0 Å². The molecule has 0 unspecified atom stereocenters. The second-order valence-corrected chi connectivity index (χ2v) is 6.20. The maximum Gasteiger partial charge on any atom is 0.408 e. The van der Waals surface area contributed by atoms with Gasteiger partial charge >= 0.3 is 5.13 Å². The standard InChI is InChI=1S/C14H18BrN4S/c1-18(2)13-6-4-12(5-7-13)16-17-14-19(9-3-8-15)10-11-20-14/h4-7,10-11H,3,8-9H2,1-2H3/q+1. The smallest absolute Gasteiger partial charge is 0.378 e. The highest BCUT2D eigenvalue weighted by molar-refractivity contribution is 9.09. The number of azo groups is 1. The van der Waals surface area contributed by atoms with Crippen molar-refractivity contribution in [2.45, 2.75) is 13.0 Å². The van der Waals surface area contributed by atoms with Crippen molar-refractivity contribution in [3.05, 3.63) is 35.8 Å². The second-order valence-electron chi connectivity index (χ2n) is 4.53. The van der Waals surface area contributed by atoms with Crippen molar-refractivity contribution in [2.75, 3.05) is 24.3 Å². The number of alkyl halides is 1. The Morgan fingerprint density at radius 1 is 1.20 bits per heavy atom. The van der Waals surface area contributed by atoms with Crippen molar-refractivity contribution in [1.82, 2.24) is 0 Å². The zero-order valence-corrected chi connectivity index (χ0v) is 14.1. The summed E-state index contributed by atoms with van der Waals surface area (Å²) in [5.41, 5.74) is 2.03. The van der Waals surface area contributed by atoms with Crippen LogP contribution in [-0.4, -0.2) is 19.4 Å². The Hall–Kier alpha value is -1.27. The van der Waals surface area contributed by atoms with E-state index in [2.05, 4.69) is 41.8 Å². The molecule has 4 nitrogen and oxygen atoms in total. The van der Waals surface area contributed by atoms with Gasteiger partial charge in [0.15, 0.2) is 0 Å². The molecule has 20 heavy (non-hydrogen) atoms. The lowest BCUT2D eigenvalue weighted by Crippen LogP contribution is -2.30. The number of halogens is 1. The van der Waals surface area contributed by atoms with E-state index in [-0.39, 0.29) is 0 Å². The Morgan fingerprint density at radius 2 is 1.95 bits per heavy atom. The summed E-state index contributed by atoms with van der Waals surface area (Å²) < 4.78 is 2.13. The van der Waals surface area contributed by atoms with Gasteiger partial charge in [-0.15, -0.1) is 0 Å². The molecule has 0 aliphatic rings. The fourth-order valence-corrected chi connectivity index (χ4v) is 2.65. The zero-order valence-electron chi connectivity index (χ0n) is 11.7. The Kier molecular flexibility index (Phi) is 5.67. The van der Waals surface area contributed by atoms with Crippen LogP contribution in [0.5, 0.6) is 0 Å². The van der Waals surface area contributed by atoms with Crippen molar-refractivity contribution in [2.24, 2.45) is 10.2 Å². The summed E-state index contributed by atoms with van der Waals surface area (Å²) in [5, 5.41) is 12.6. The summed E-state index contributed by atoms with van der Waals surface area (Å²) in [4.78, 5) is 2.06. The predicted octanol–water partition coefficient (Wildman–Crippen LogP) is 4.30. The van der Waals surface area contributed by atoms with Gasteiger partial charge in [-0.2, -0.15) is 0 Å². The third-order valence-electron chi connectivity index (χ3n) is 2.81. The van der Waals surface area contributed by atoms with Crippen LogP contribution in [0.2, 0.25) is 0 Å². The molecule has 0 N–H and O–H groups in total. The SMILES string of the molecule is CN(C)c1ccc(N=Nc2scc[n+]2CCCBr)cc1. The molecule has 0 aliphatic heterocycles. The molecule has 2 rings (SSSR count). The maximum atomic E-state index is 4.34. The summed E-state index contributed by atoms with van der Waals surface area (Å²) in [6, 6.07) is 8.05. The zero-order chi connectivity index (χ0) is 14.4. The molecule has 1 heterocycles. The quantitative estimate of drug-likeness (QED) is 0.432. The average Bonchev–Trinajstić information content (AvgIpc) is 2.90. The number of aromatic nitrogens is 1. The van der Waals surface area contributed by atoms with Crippen molar-refractivity contribution >= 4 is 43.8 Å². The molecular formula is C14H18BrN4S+. The molecule has 1 aromatic carbocycles. The van der Waals surface area contributed by atoms with Gasteiger partial charge in [0.1, 0.15) is 11.9 Å². The monoisotopic (exact) mass is 353 g/mol. The number of nitrogens with zero attached hydrogens (tertiary/aromatic N) is 4. The average molecular weight is 354 g/mol. The van der Waals surface area contributed by atoms with E-state index in [0.717, 1.165) is 34.8 Å². The first kappa shape index (κ1) is 15.1. The van der Waals surface area contributed by atoms with E-state index < -0.39 is 0 Å². The van der Waals surface area contributed by atoms with E-state index in [4.69, 9.17) is 0 Å². The van der Waals surface area contributed by atoms with Crippen LogP contribution in [0.15, 0.2) is 46.1 Å². The van der Waals surface area contributed by atoms with Crippen LogP contribution in [0.25, 0.3) is 0 Å². The molecule has 0 fully saturated rings. The minimum Gasteiger partial charge on any atom is -0.378 e. The minimum absolute atomic E-state index is 0.871. The summed E-state index contributed by atoms with van der Waals surface area (Å²) in [6.07, 6.45) is 3.14. The minimum atomic E-state index is 0.871. The van der Waals surface area contributed by atoms with Gasteiger partial charge in [-0.3, -0.25) is 0 Å². The molecule has 6 heteroatoms. The van der Waals surface area contributed by atoms with E-state index in [1.54, 1.807) is 11.3 Å². The normalized spacial score (nSPS) is 11.2. The molecule has 0 atom stereocenters. The first-order chi connectivity index (χ1) is 9.70. The lowest BCUT2D eigenvalue weighted by molar-refractivity contribution is -0.680. The van der Waals surface area contributed by atoms with Gasteiger partial charge in [0, 0.05) is 30.5 Å². The maximum absolute atomic E-state index is 4.34. The van der Waals surface area contributed by atoms with Crippen molar-refractivity contribution in [3.8, 4) is 0 Å². The van der Waals surface area contributed by atoms with Gasteiger partial charge in [0.2, 0.25) is 0 Å². The first-order valence-electron chi connectivity index (χ1n) is 6.43. The highest BCUT2D eigenvalue weighted by Gasteiger charge is 2.11. The van der Waals surface area contributed by atoms with Gasteiger partial charge in [-0.05, 0) is 47.1 Å². The highest BCUT2D eigenvalue weighted by atomic mass is 79.9. The molecular weight excluding hydrogens is 336 g/mol. The lowest BCUT2D eigenvalue weighted by Gasteiger charge is -2.11. The van der Waals surface area contributed by atoms with Crippen molar-refractivity contribution < 1.29 is 4.57 Å². The van der Waals surface area contributed by atoms with Crippen LogP contribution in [-0.2, 0) is 6.54 Å². The molecule has 0 amide bonds. The molecule has 1 aromatic heterocycles. The van der Waals surface area contributed by atoms with Crippen LogP contribution in [0.1, 0.15) is 6.42 Å². The van der Waals surface area contributed by atoms with Crippen LogP contribution in [0.3, 0.4) is 0 Å². The summed E-state index contributed by atoms with van der Waals surface area (Å²) in [5.74, 6) is 0. The van der Waals surface area contributed by atoms with Crippen molar-refractivity contribution in [3.63, 3.8) is 0 Å². The third-order valence-corrected chi connectivity index (χ3v) is 4.16. The topological polar surface area (TPSA) is 31.8 Å². The number of anilines is 1. The van der Waals surface area contributed by atoms with Gasteiger partial charge in [-0.25, -0.2) is 4.57 Å². The number of hydrogen-bond acceptors (Lipinski definition) is 4. The van der Waals surface area contributed by atoms with E-state index in [0.29, 0.717) is 0 Å². The third kappa shape index (κ3) is 4.11. The molecule has 0 spiro atoms. The fraction of sp³-hybridized carbons (Fsp3) is 0.357. The first-order valence-corrected chi connectivity index (χ1v) is 8.43. The van der Waals surface area contributed by atoms with E-state index in [9.17, 15) is 0 Å². The van der Waals surface area contributed by atoms with E-state index in [1.165, 1.54) is 0 Å². The summed E-state index contributed by atoms with van der Waals surface area (Å²) in [7, 11) is 4.05. The van der Waals surface area contributed by atoms with Crippen LogP contribution >= 0.6 is 27.3 Å². The molecule has 106 valence electrons. The molecule has 2 aromatic rings. The van der Waals surface area contributed by atoms with Crippen LogP contribution in [0, 0.1) is 0 Å². The van der Waals surface area contributed by atoms with Gasteiger partial charge in [0.05, 0.1) is 11.7 Å². The number of benzene rings is 1. The molecule has 0 radical (unpaired) electrons. The molecule has 0 saturated carbocycles. The summed E-state index contributed by atoms with van der Waals surface area (Å²) >= 11 is 5.05. The number of aryl methyl sites for hydroxylation is 1. The van der Waals surface area contributed by atoms with Gasteiger partial charge in [0.25, 0.3) is 0 Å². The largest absolute Gasteiger partial charge is 0.408 e. The summed E-state index contributed by atoms with van der Waals surface area (Å²) in [6.45, 7) is 0.961. The fourth-order valence-electron chi connectivity index (χ4n) is 1.70. The van der Waals surface area contributed by atoms with Gasteiger partial charge < -0.3 is 4.90 Å². The Bertz CT molecular complexity index is 563. The molecule has 0 aliphatic carbocycles. The highest BCUT2D eigenvalue weighted by Crippen LogP contribution is 2.21. The van der Waals surface area contributed by atoms with Gasteiger partial charge in [-0.1, -0.05) is 15.9 Å². The number of rotatable bonds is 6. The second kappa shape index (κ2) is 7.50.